The van der Waals surface area contributed by atoms with Gasteiger partial charge in [0.1, 0.15) is 82.7 Å². The van der Waals surface area contributed by atoms with Crippen LogP contribution in [0.15, 0.2) is 164 Å². The number of Topliss-reactive ketones (excluding diaryl/α,β-unsaturated/α-hetero) is 1. The lowest BCUT2D eigenvalue weighted by molar-refractivity contribution is -0.536. The molecule has 28 heteroatoms. The van der Waals surface area contributed by atoms with E-state index >= 15 is 0 Å². The molecule has 8 aromatic carbocycles. The number of piperidine rings is 1. The number of para-hydroxylation sites is 1. The molecule has 0 radical (unpaired) electrons. The molecule has 10 aliphatic rings. The number of aldehydes is 1. The number of rotatable bonds is 27. The summed E-state index contributed by atoms with van der Waals surface area (Å²) in [5, 5.41) is 65.2. The van der Waals surface area contributed by atoms with E-state index < -0.39 is 24.4 Å². The van der Waals surface area contributed by atoms with Crippen LogP contribution in [-0.4, -0.2) is 233 Å². The predicted molar refractivity (Wildman–Crippen MR) is 482 cm³/mol. The van der Waals surface area contributed by atoms with E-state index in [-0.39, 0.29) is 52.9 Å². The zero-order chi connectivity index (χ0) is 87.5. The quantitative estimate of drug-likeness (QED) is 0.0161. The van der Waals surface area contributed by atoms with Crippen LogP contribution in [0.1, 0.15) is 197 Å². The van der Waals surface area contributed by atoms with Crippen LogP contribution in [-0.2, 0) is 11.2 Å². The van der Waals surface area contributed by atoms with E-state index in [0.717, 1.165) is 144 Å². The maximum absolute atomic E-state index is 12.7. The Morgan fingerprint density at radius 3 is 1.60 bits per heavy atom. The van der Waals surface area contributed by atoms with E-state index in [9.17, 15) is 45.1 Å². The van der Waals surface area contributed by atoms with Gasteiger partial charge in [0.15, 0.2) is 46.0 Å². The molecule has 5 N–H and O–H groups in total. The fourth-order valence-corrected chi connectivity index (χ4v) is 18.8. The largest absolute Gasteiger partial charge is 0.486 e. The van der Waals surface area contributed by atoms with Crippen molar-refractivity contribution in [1.29, 1.82) is 0 Å². The van der Waals surface area contributed by atoms with Gasteiger partial charge in [-0.3, -0.25) is 44.5 Å². The second-order valence-corrected chi connectivity index (χ2v) is 34.3. The van der Waals surface area contributed by atoms with E-state index in [1.165, 1.54) is 98.1 Å². The smallest absolute Gasteiger partial charge is 0.255 e. The fraction of sp³-hybridized carbons (Fsp3) is 0.510. The van der Waals surface area contributed by atoms with Crippen molar-refractivity contribution in [2.24, 2.45) is 11.7 Å². The number of unbranched alkanes of at least 4 members (excludes halogenated alkanes) is 4. The third kappa shape index (κ3) is 24.7. The fourth-order valence-electron chi connectivity index (χ4n) is 18.8. The molecule has 5 saturated heterocycles. The van der Waals surface area contributed by atoms with E-state index in [1.807, 2.05) is 47.4 Å². The third-order valence-corrected chi connectivity index (χ3v) is 25.4. The number of hydrogen-bond acceptors (Lipinski definition) is 25. The molecule has 28 nitrogen and oxygen atoms in total. The molecule has 0 amide bonds. The molecule has 1 aromatic heterocycles. The third-order valence-electron chi connectivity index (χ3n) is 25.4. The average Bonchev–Trinajstić information content (AvgIpc) is 1.39. The number of fused-ring (bicyclic) bond motifs is 9. The molecule has 10 aliphatic heterocycles. The first-order chi connectivity index (χ1) is 61.6. The number of benzene rings is 8. The Morgan fingerprint density at radius 2 is 1.02 bits per heavy atom. The van der Waals surface area contributed by atoms with Crippen LogP contribution in [0.2, 0.25) is 0 Å². The highest BCUT2D eigenvalue weighted by atomic mass is 16.6. The minimum atomic E-state index is -1.16. The van der Waals surface area contributed by atoms with E-state index in [0.29, 0.717) is 124 Å². The second-order valence-electron chi connectivity index (χ2n) is 34.3. The first-order valence-electron chi connectivity index (χ1n) is 45.8. The Labute approximate surface area is 738 Å². The second kappa shape index (κ2) is 46.4. The summed E-state index contributed by atoms with van der Waals surface area (Å²) >= 11 is 0. The summed E-state index contributed by atoms with van der Waals surface area (Å²) in [5.74, 6) is 5.56. The summed E-state index contributed by atoms with van der Waals surface area (Å²) in [6.45, 7) is 17.1. The lowest BCUT2D eigenvalue weighted by Gasteiger charge is -2.50. The zero-order valence-corrected chi connectivity index (χ0v) is 72.8. The van der Waals surface area contributed by atoms with Gasteiger partial charge in [0.25, 0.3) is 6.04 Å². The molecule has 11 heterocycles. The number of nitro groups is 2. The number of ether oxygens (including phenoxy) is 8. The topological polar surface area (TPSA) is 328 Å². The number of carbonyl (C=O) groups excluding carboxylic acids is 2. The molecule has 674 valence electrons. The Bertz CT molecular complexity index is 4980. The highest BCUT2D eigenvalue weighted by molar-refractivity contribution is 5.88. The standard InChI is InChI=1S/C29H26N4.C24H37NO4.C15H20N2O5.C15H22N2O3.C9H8O3.C6H12N2O2/c1-2-10-21(11-3-1)29-28-22(18-17-20-9-4-5-13-24(20)28)19-23-12-8-16-27(32(23)29)33-26-15-7-6-14-25(26)30-31-33;1-2-3-4-5-6-9-21(26)16-20(18-25-12-7-8-13-25)24(27)19-10-11-22-23(17-19)29-15-14-28-22;18-15(12(17(19)20)10-16-5-1-2-6-16)11-3-4-13-14(9-11)22-8-7-21-13;16-12(10-17-5-1-2-6-17)15(18)11-3-4-13-14(9-11)20-8-7-19-13;10-6-7-1-2-8-9(5-7)12-4-3-11-8;9-8(10)6-5-7-3-1-2-4-7/h1-7,9-11,13-15,17-18,23,27,29H,8,12,16,19H2;10-11,17,20,24,27H,2-9,12-16,18H2,1H3;3-4,9,12,15,18H,1-2,5-8,10H2;3-4,9,12,15,18H,1-2,5-8,10,16H2;1-2,5-6H,3-4H2;1-6H2/t23?,27-,29+;20-,24-;2*12-,15-;;/m1111../s1. The van der Waals surface area contributed by atoms with Crippen LogP contribution in [0.5, 0.6) is 46.0 Å². The summed E-state index contributed by atoms with van der Waals surface area (Å²) in [4.78, 5) is 55.3. The van der Waals surface area contributed by atoms with Crippen molar-refractivity contribution in [2.45, 2.75) is 178 Å². The molecule has 0 bridgehead atoms. The van der Waals surface area contributed by atoms with Gasteiger partial charge < -0.3 is 68.7 Å². The van der Waals surface area contributed by atoms with Gasteiger partial charge in [-0.05, 0) is 247 Å². The van der Waals surface area contributed by atoms with E-state index in [2.05, 4.69) is 126 Å². The van der Waals surface area contributed by atoms with Crippen molar-refractivity contribution in [3.63, 3.8) is 0 Å². The first kappa shape index (κ1) is 91.8. The van der Waals surface area contributed by atoms with Crippen LogP contribution in [0.4, 0.5) is 0 Å². The lowest BCUT2D eigenvalue weighted by Crippen LogP contribution is -2.50. The maximum Gasteiger partial charge on any atom is 0.255 e. The summed E-state index contributed by atoms with van der Waals surface area (Å²) in [6.07, 6.45) is 19.3. The van der Waals surface area contributed by atoms with Gasteiger partial charge >= 0.3 is 0 Å². The number of nitrogens with two attached hydrogens (primary N) is 1. The predicted octanol–water partition coefficient (Wildman–Crippen LogP) is 14.6. The van der Waals surface area contributed by atoms with Crippen molar-refractivity contribution in [1.82, 2.24) is 39.5 Å². The Balaban J connectivity index is 0.000000128. The molecule has 0 aliphatic carbocycles. The number of likely N-dealkylation sites (tertiary alicyclic amines) is 4. The number of ketones is 1. The van der Waals surface area contributed by atoms with Crippen LogP contribution in [0, 0.1) is 26.1 Å². The summed E-state index contributed by atoms with van der Waals surface area (Å²) < 4.78 is 45.9. The average molecular weight is 1730 g/mol. The van der Waals surface area contributed by atoms with Gasteiger partial charge in [0, 0.05) is 59.3 Å². The van der Waals surface area contributed by atoms with Gasteiger partial charge in [-0.15, -0.1) is 5.10 Å². The van der Waals surface area contributed by atoms with Crippen molar-refractivity contribution >= 4 is 33.9 Å². The van der Waals surface area contributed by atoms with Crippen molar-refractivity contribution in [2.75, 3.05) is 138 Å². The molecule has 9 atom stereocenters. The summed E-state index contributed by atoms with van der Waals surface area (Å²) in [6, 6.07) is 53.6. The van der Waals surface area contributed by atoms with Crippen molar-refractivity contribution < 1.29 is 72.7 Å². The van der Waals surface area contributed by atoms with Crippen molar-refractivity contribution in [3.05, 3.63) is 223 Å². The van der Waals surface area contributed by atoms with Gasteiger partial charge in [-0.25, -0.2) is 4.68 Å². The highest BCUT2D eigenvalue weighted by Gasteiger charge is 2.44. The minimum Gasteiger partial charge on any atom is -0.486 e. The molecule has 0 spiro atoms. The molecule has 19 rings (SSSR count). The van der Waals surface area contributed by atoms with Gasteiger partial charge in [-0.2, -0.15) is 0 Å². The minimum absolute atomic E-state index is 0.0844. The number of aliphatic hydroxyl groups excluding tert-OH is 3. The summed E-state index contributed by atoms with van der Waals surface area (Å²) in [5.41, 5.74) is 15.3. The highest BCUT2D eigenvalue weighted by Crippen LogP contribution is 2.50. The number of aliphatic hydroxyl groups is 3. The van der Waals surface area contributed by atoms with Crippen LogP contribution < -0.4 is 43.6 Å². The molecule has 1 unspecified atom stereocenters. The van der Waals surface area contributed by atoms with Gasteiger partial charge in [-0.1, -0.05) is 135 Å². The zero-order valence-electron chi connectivity index (χ0n) is 72.8. The molecule has 9 aromatic rings. The molecular weight excluding hydrogens is 1600 g/mol. The van der Waals surface area contributed by atoms with Crippen LogP contribution in [0.25, 0.3) is 21.8 Å². The van der Waals surface area contributed by atoms with E-state index in [4.69, 9.17) is 43.6 Å². The van der Waals surface area contributed by atoms with Crippen LogP contribution in [0.3, 0.4) is 0 Å². The SMILES string of the molecule is CCCCCCCC(=O)C[C@H](CN1CCCC1)[C@H](O)c1ccc2c(c1)OCCO2.N[C@H](CN1CCCC1)[C@H](O)c1ccc2c(c1)OCCO2.O=Cc1ccc2c(c1)OCCO2.O=[N+]([O-])CCN1CCCC1.O=[N+]([O-])[C@H](CN1CCCC1)[C@H](O)c1ccc2c(c1)OCCO2.c1ccc([C@H]2c3c(ccc4ccccc34)CC3CCC[C@@H](n4nnc5ccccc54)N32)cc1. The van der Waals surface area contributed by atoms with Crippen molar-refractivity contribution in [3.8, 4) is 46.0 Å². The number of carbonyl (C=O) groups is 2. The Hall–Kier alpha value is -10.4. The molecule has 5 fully saturated rings. The molecular formula is C98H125N11O17. The summed E-state index contributed by atoms with van der Waals surface area (Å²) in [7, 11) is 0. The Morgan fingerprint density at radius 1 is 0.524 bits per heavy atom. The number of nitrogens with zero attached hydrogens (tertiary/aromatic N) is 10. The maximum atomic E-state index is 12.7. The normalized spacial score (nSPS) is 20.2. The number of hydrogen-bond donors (Lipinski definition) is 4. The van der Waals surface area contributed by atoms with Gasteiger partial charge in [0.2, 0.25) is 6.54 Å². The van der Waals surface area contributed by atoms with E-state index in [1.54, 1.807) is 36.4 Å². The van der Waals surface area contributed by atoms with Crippen LogP contribution >= 0.6 is 0 Å². The molecule has 0 saturated carbocycles. The Kier molecular flexibility index (Phi) is 33.8. The monoisotopic (exact) mass is 1730 g/mol. The lowest BCUT2D eigenvalue weighted by atomic mass is 9.78. The first-order valence-corrected chi connectivity index (χ1v) is 45.8. The molecule has 126 heavy (non-hydrogen) atoms. The number of aromatic nitrogens is 3. The van der Waals surface area contributed by atoms with Gasteiger partial charge in [0.05, 0.1) is 36.9 Å².